The first-order valence-corrected chi connectivity index (χ1v) is 3.88. The molecular formula is C8H12. The van der Waals surface area contributed by atoms with E-state index in [1.165, 1.54) is 23.7 Å². The van der Waals surface area contributed by atoms with Gasteiger partial charge in [0.05, 0.1) is 0 Å². The fourth-order valence-corrected chi connectivity index (χ4v) is 3.26. The summed E-state index contributed by atoms with van der Waals surface area (Å²) < 4.78 is 0. The summed E-state index contributed by atoms with van der Waals surface area (Å²) in [4.78, 5) is 0. The lowest BCUT2D eigenvalue weighted by atomic mass is 9.76. The zero-order chi connectivity index (χ0) is 5.30. The largest absolute Gasteiger partial charge is 0.0622 e. The summed E-state index contributed by atoms with van der Waals surface area (Å²) in [7, 11) is 0. The summed E-state index contributed by atoms with van der Waals surface area (Å²) in [5.41, 5.74) is 0. The molecule has 0 aromatic carbocycles. The Bertz CT molecular complexity index is 133. The van der Waals surface area contributed by atoms with E-state index in [1.807, 2.05) is 0 Å². The van der Waals surface area contributed by atoms with Crippen molar-refractivity contribution >= 4 is 0 Å². The smallest absolute Gasteiger partial charge is 0.0321 e. The molecule has 4 unspecified atom stereocenters. The van der Waals surface area contributed by atoms with Crippen LogP contribution < -0.4 is 0 Å². The zero-order valence-electron chi connectivity index (χ0n) is 5.30. The average Bonchev–Trinajstić information content (AvgIpc) is 1.98. The van der Waals surface area contributed by atoms with Gasteiger partial charge in [0, 0.05) is 0 Å². The van der Waals surface area contributed by atoms with Crippen LogP contribution in [0, 0.1) is 29.6 Å². The molecule has 0 N–H and O–H groups in total. The van der Waals surface area contributed by atoms with Crippen LogP contribution in [0.4, 0.5) is 0 Å². The predicted octanol–water partition coefficient (Wildman–Crippen LogP) is 1.91. The third-order valence-electron chi connectivity index (χ3n) is 3.81. The Balaban J connectivity index is 1.98. The van der Waals surface area contributed by atoms with Crippen LogP contribution >= 0.6 is 0 Å². The molecule has 0 aromatic heterocycles. The van der Waals surface area contributed by atoms with Gasteiger partial charge in [-0.05, 0) is 42.4 Å². The lowest BCUT2D eigenvalue weighted by Gasteiger charge is -2.29. The molecule has 0 bridgehead atoms. The van der Waals surface area contributed by atoms with Crippen molar-refractivity contribution in [2.75, 3.05) is 0 Å². The zero-order valence-corrected chi connectivity index (χ0v) is 5.30. The van der Waals surface area contributed by atoms with Crippen LogP contribution in [0.15, 0.2) is 0 Å². The molecule has 0 heteroatoms. The molecule has 44 valence electrons. The van der Waals surface area contributed by atoms with Gasteiger partial charge in [0.25, 0.3) is 0 Å². The molecular weight excluding hydrogens is 96.1 g/mol. The van der Waals surface area contributed by atoms with Gasteiger partial charge >= 0.3 is 0 Å². The van der Waals surface area contributed by atoms with E-state index in [-0.39, 0.29) is 0 Å². The van der Waals surface area contributed by atoms with E-state index < -0.39 is 0 Å². The van der Waals surface area contributed by atoms with E-state index in [0.29, 0.717) is 0 Å². The Morgan fingerprint density at radius 3 is 2.00 bits per heavy atom. The molecule has 0 amide bonds. The summed E-state index contributed by atoms with van der Waals surface area (Å²) in [6.07, 6.45) is 3.19. The summed E-state index contributed by atoms with van der Waals surface area (Å²) in [5.74, 6) is 6.04. The maximum Gasteiger partial charge on any atom is -0.0321 e. The highest BCUT2D eigenvalue weighted by molar-refractivity contribution is 5.16. The Labute approximate surface area is 50.3 Å². The van der Waals surface area contributed by atoms with Gasteiger partial charge in [-0.25, -0.2) is 0 Å². The molecule has 0 heterocycles. The molecule has 0 aliphatic heterocycles. The van der Waals surface area contributed by atoms with Crippen molar-refractivity contribution in [1.29, 1.82) is 0 Å². The van der Waals surface area contributed by atoms with Gasteiger partial charge in [-0.2, -0.15) is 0 Å². The van der Waals surface area contributed by atoms with Crippen molar-refractivity contribution in [3.05, 3.63) is 0 Å². The fraction of sp³-hybridized carbons (Fsp3) is 1.00. The summed E-state index contributed by atoms with van der Waals surface area (Å²) in [5, 5.41) is 0. The van der Waals surface area contributed by atoms with Crippen LogP contribution in [-0.2, 0) is 0 Å². The summed E-state index contributed by atoms with van der Waals surface area (Å²) >= 11 is 0. The Morgan fingerprint density at radius 1 is 1.00 bits per heavy atom. The molecule has 0 saturated heterocycles. The second kappa shape index (κ2) is 0.872. The van der Waals surface area contributed by atoms with Crippen molar-refractivity contribution in [1.82, 2.24) is 0 Å². The van der Waals surface area contributed by atoms with Gasteiger partial charge in [-0.15, -0.1) is 0 Å². The number of hydrogen-bond donors (Lipinski definition) is 0. The molecule has 0 radical (unpaired) electrons. The standard InChI is InChI=1S/C8H12/c1-4-2-6-7-3-5(4)8(6)7/h4-8H,2-3H2,1H3/t4?,5?,6-,7?,8?/m0/s1. The molecule has 0 nitrogen and oxygen atoms in total. The third-order valence-corrected chi connectivity index (χ3v) is 3.81. The van der Waals surface area contributed by atoms with Crippen LogP contribution in [0.2, 0.25) is 0 Å². The van der Waals surface area contributed by atoms with E-state index in [9.17, 15) is 0 Å². The quantitative estimate of drug-likeness (QED) is 0.444. The maximum atomic E-state index is 2.44. The van der Waals surface area contributed by atoms with Crippen molar-refractivity contribution in [3.8, 4) is 0 Å². The van der Waals surface area contributed by atoms with Gasteiger partial charge in [0.2, 0.25) is 0 Å². The second-order valence-corrected chi connectivity index (χ2v) is 4.02. The molecule has 5 atom stereocenters. The van der Waals surface area contributed by atoms with E-state index in [4.69, 9.17) is 0 Å². The lowest BCUT2D eigenvalue weighted by molar-refractivity contribution is 0.198. The highest BCUT2D eigenvalue weighted by atomic mass is 14.7. The average molecular weight is 108 g/mol. The highest BCUT2D eigenvalue weighted by Crippen LogP contribution is 2.74. The number of rotatable bonds is 0. The van der Waals surface area contributed by atoms with Gasteiger partial charge in [-0.3, -0.25) is 0 Å². The first kappa shape index (κ1) is 3.92. The molecule has 3 saturated carbocycles. The van der Waals surface area contributed by atoms with Crippen molar-refractivity contribution in [3.63, 3.8) is 0 Å². The minimum absolute atomic E-state index is 1.11. The SMILES string of the molecule is CC1C[C@H]2C3CC1C32. The van der Waals surface area contributed by atoms with Crippen LogP contribution in [0.5, 0.6) is 0 Å². The van der Waals surface area contributed by atoms with Crippen LogP contribution in [0.3, 0.4) is 0 Å². The molecule has 0 aromatic rings. The molecule has 8 heavy (non-hydrogen) atoms. The second-order valence-electron chi connectivity index (χ2n) is 4.02. The first-order chi connectivity index (χ1) is 3.88. The van der Waals surface area contributed by atoms with Gasteiger partial charge in [0.1, 0.15) is 0 Å². The van der Waals surface area contributed by atoms with Crippen molar-refractivity contribution in [2.45, 2.75) is 19.8 Å². The Hall–Kier alpha value is 0. The number of fused-ring (bicyclic) bond motifs is 1. The molecule has 3 aliphatic rings. The summed E-state index contributed by atoms with van der Waals surface area (Å²) in [6.45, 7) is 2.44. The van der Waals surface area contributed by atoms with E-state index in [2.05, 4.69) is 6.92 Å². The van der Waals surface area contributed by atoms with Crippen LogP contribution in [0.1, 0.15) is 19.8 Å². The van der Waals surface area contributed by atoms with E-state index in [0.717, 1.165) is 5.92 Å². The molecule has 0 spiro atoms. The summed E-state index contributed by atoms with van der Waals surface area (Å²) in [6, 6.07) is 0. The van der Waals surface area contributed by atoms with Gasteiger partial charge in [0.15, 0.2) is 0 Å². The fourth-order valence-electron chi connectivity index (χ4n) is 3.26. The molecule has 3 rings (SSSR count). The van der Waals surface area contributed by atoms with Gasteiger partial charge in [-0.1, -0.05) is 6.92 Å². The maximum absolute atomic E-state index is 2.44. The minimum atomic E-state index is 1.11. The first-order valence-electron chi connectivity index (χ1n) is 3.88. The normalized spacial score (nSPS) is 73.9. The van der Waals surface area contributed by atoms with Crippen molar-refractivity contribution in [2.24, 2.45) is 29.6 Å². The van der Waals surface area contributed by atoms with Crippen LogP contribution in [0.25, 0.3) is 0 Å². The molecule has 3 aliphatic carbocycles. The van der Waals surface area contributed by atoms with Gasteiger partial charge < -0.3 is 0 Å². The molecule has 3 fully saturated rings. The van der Waals surface area contributed by atoms with Crippen LogP contribution in [-0.4, -0.2) is 0 Å². The lowest BCUT2D eigenvalue weighted by Crippen LogP contribution is -2.22. The highest BCUT2D eigenvalue weighted by Gasteiger charge is 2.68. The van der Waals surface area contributed by atoms with E-state index >= 15 is 0 Å². The Kier molecular flexibility index (Phi) is 0.427. The monoisotopic (exact) mass is 108 g/mol. The topological polar surface area (TPSA) is 0 Å². The minimum Gasteiger partial charge on any atom is -0.0622 e. The Morgan fingerprint density at radius 2 is 1.75 bits per heavy atom. The predicted molar refractivity (Wildman–Crippen MR) is 32.4 cm³/mol. The number of hydrogen-bond acceptors (Lipinski definition) is 0. The van der Waals surface area contributed by atoms with Crippen molar-refractivity contribution < 1.29 is 0 Å². The van der Waals surface area contributed by atoms with E-state index in [1.54, 1.807) is 12.8 Å². The third kappa shape index (κ3) is 0.222.